The van der Waals surface area contributed by atoms with Gasteiger partial charge in [-0.15, -0.1) is 0 Å². The molecule has 0 saturated carbocycles. The number of aliphatic hydroxyl groups excluding tert-OH is 2. The van der Waals surface area contributed by atoms with Crippen LogP contribution >= 0.6 is 0 Å². The standard InChI is InChI=1S/C10H23NO3/c1-14-9-10(13)8-11-6-4-2-3-5-7-12/h10-13H,2-9H2,1H3. The topological polar surface area (TPSA) is 61.7 Å². The van der Waals surface area contributed by atoms with Crippen molar-refractivity contribution in [2.45, 2.75) is 31.8 Å². The van der Waals surface area contributed by atoms with E-state index in [4.69, 9.17) is 9.84 Å². The molecule has 86 valence electrons. The molecule has 4 nitrogen and oxygen atoms in total. The van der Waals surface area contributed by atoms with E-state index in [-0.39, 0.29) is 0 Å². The summed E-state index contributed by atoms with van der Waals surface area (Å²) in [6, 6.07) is 0. The number of aliphatic hydroxyl groups is 2. The lowest BCUT2D eigenvalue weighted by Crippen LogP contribution is -2.30. The zero-order valence-corrected chi connectivity index (χ0v) is 9.04. The average molecular weight is 205 g/mol. The fourth-order valence-electron chi connectivity index (χ4n) is 1.24. The van der Waals surface area contributed by atoms with Gasteiger partial charge < -0.3 is 20.3 Å². The fraction of sp³-hybridized carbons (Fsp3) is 1.00. The van der Waals surface area contributed by atoms with Crippen LogP contribution in [0.2, 0.25) is 0 Å². The van der Waals surface area contributed by atoms with Crippen LogP contribution in [0.3, 0.4) is 0 Å². The number of hydrogen-bond acceptors (Lipinski definition) is 4. The van der Waals surface area contributed by atoms with E-state index in [9.17, 15) is 5.11 Å². The molecule has 0 radical (unpaired) electrons. The van der Waals surface area contributed by atoms with Gasteiger partial charge in [-0.3, -0.25) is 0 Å². The van der Waals surface area contributed by atoms with Crippen molar-refractivity contribution in [3.8, 4) is 0 Å². The van der Waals surface area contributed by atoms with Gasteiger partial charge in [-0.2, -0.15) is 0 Å². The van der Waals surface area contributed by atoms with E-state index < -0.39 is 6.10 Å². The van der Waals surface area contributed by atoms with Crippen molar-refractivity contribution < 1.29 is 14.9 Å². The molecule has 1 atom stereocenters. The van der Waals surface area contributed by atoms with Crippen molar-refractivity contribution >= 4 is 0 Å². The van der Waals surface area contributed by atoms with Gasteiger partial charge in [-0.1, -0.05) is 12.8 Å². The van der Waals surface area contributed by atoms with Crippen molar-refractivity contribution in [1.29, 1.82) is 0 Å². The lowest BCUT2D eigenvalue weighted by Gasteiger charge is -2.10. The van der Waals surface area contributed by atoms with E-state index in [1.807, 2.05) is 0 Å². The molecule has 0 bridgehead atoms. The van der Waals surface area contributed by atoms with Gasteiger partial charge in [0.15, 0.2) is 0 Å². The maximum Gasteiger partial charge on any atom is 0.0897 e. The van der Waals surface area contributed by atoms with E-state index in [0.29, 0.717) is 19.8 Å². The summed E-state index contributed by atoms with van der Waals surface area (Å²) in [4.78, 5) is 0. The molecule has 3 N–H and O–H groups in total. The highest BCUT2D eigenvalue weighted by molar-refractivity contribution is 4.57. The summed E-state index contributed by atoms with van der Waals surface area (Å²) < 4.78 is 4.80. The fourth-order valence-corrected chi connectivity index (χ4v) is 1.24. The third-order valence-electron chi connectivity index (χ3n) is 2.00. The Morgan fingerprint density at radius 1 is 1.21 bits per heavy atom. The Kier molecular flexibility index (Phi) is 10.8. The molecule has 0 aromatic rings. The normalized spacial score (nSPS) is 13.1. The third kappa shape index (κ3) is 9.92. The van der Waals surface area contributed by atoms with Crippen LogP contribution < -0.4 is 5.32 Å². The molecule has 0 aromatic heterocycles. The Morgan fingerprint density at radius 3 is 2.57 bits per heavy atom. The number of rotatable bonds is 10. The monoisotopic (exact) mass is 205 g/mol. The van der Waals surface area contributed by atoms with Gasteiger partial charge in [0.1, 0.15) is 0 Å². The first-order valence-corrected chi connectivity index (χ1v) is 5.29. The highest BCUT2D eigenvalue weighted by Crippen LogP contribution is 1.97. The Labute approximate surface area is 86.3 Å². The van der Waals surface area contributed by atoms with Gasteiger partial charge >= 0.3 is 0 Å². The van der Waals surface area contributed by atoms with E-state index in [0.717, 1.165) is 32.2 Å². The van der Waals surface area contributed by atoms with Crippen LogP contribution in [0.25, 0.3) is 0 Å². The van der Waals surface area contributed by atoms with Crippen molar-refractivity contribution in [3.05, 3.63) is 0 Å². The molecule has 0 rings (SSSR count). The molecule has 4 heteroatoms. The highest BCUT2D eigenvalue weighted by Gasteiger charge is 2.00. The lowest BCUT2D eigenvalue weighted by atomic mass is 10.2. The van der Waals surface area contributed by atoms with Gasteiger partial charge in [0.05, 0.1) is 12.7 Å². The number of hydrogen-bond donors (Lipinski definition) is 3. The van der Waals surface area contributed by atoms with Crippen LogP contribution in [-0.2, 0) is 4.74 Å². The third-order valence-corrected chi connectivity index (χ3v) is 2.00. The first-order chi connectivity index (χ1) is 6.81. The quantitative estimate of drug-likeness (QED) is 0.444. The zero-order valence-electron chi connectivity index (χ0n) is 9.04. The van der Waals surface area contributed by atoms with Crippen molar-refractivity contribution in [1.82, 2.24) is 5.32 Å². The molecule has 0 saturated heterocycles. The Morgan fingerprint density at radius 2 is 1.93 bits per heavy atom. The van der Waals surface area contributed by atoms with E-state index in [1.165, 1.54) is 0 Å². The van der Waals surface area contributed by atoms with Crippen molar-refractivity contribution in [2.24, 2.45) is 0 Å². The second-order valence-corrected chi connectivity index (χ2v) is 3.45. The van der Waals surface area contributed by atoms with E-state index in [2.05, 4.69) is 5.32 Å². The highest BCUT2D eigenvalue weighted by atomic mass is 16.5. The Hall–Kier alpha value is -0.160. The van der Waals surface area contributed by atoms with Crippen molar-refractivity contribution in [3.63, 3.8) is 0 Å². The first-order valence-electron chi connectivity index (χ1n) is 5.29. The second-order valence-electron chi connectivity index (χ2n) is 3.45. The molecule has 0 aliphatic heterocycles. The predicted molar refractivity (Wildman–Crippen MR) is 56.3 cm³/mol. The van der Waals surface area contributed by atoms with Crippen LogP contribution in [0.5, 0.6) is 0 Å². The summed E-state index contributed by atoms with van der Waals surface area (Å²) in [5, 5.41) is 21.0. The van der Waals surface area contributed by atoms with Crippen LogP contribution in [0.15, 0.2) is 0 Å². The molecule has 0 heterocycles. The first kappa shape index (κ1) is 13.8. The van der Waals surface area contributed by atoms with Crippen LogP contribution in [0.1, 0.15) is 25.7 Å². The second kappa shape index (κ2) is 10.9. The molecule has 0 aliphatic rings. The largest absolute Gasteiger partial charge is 0.396 e. The molecule has 0 aliphatic carbocycles. The van der Waals surface area contributed by atoms with E-state index >= 15 is 0 Å². The summed E-state index contributed by atoms with van der Waals surface area (Å²) in [5.41, 5.74) is 0. The summed E-state index contributed by atoms with van der Waals surface area (Å²) >= 11 is 0. The molecular weight excluding hydrogens is 182 g/mol. The van der Waals surface area contributed by atoms with Crippen LogP contribution in [-0.4, -0.2) is 49.7 Å². The predicted octanol–water partition coefficient (Wildman–Crippen LogP) is 0.136. The number of unbranched alkanes of at least 4 members (excludes halogenated alkanes) is 3. The number of methoxy groups -OCH3 is 1. The summed E-state index contributed by atoms with van der Waals surface area (Å²) in [6.07, 6.45) is 3.80. The van der Waals surface area contributed by atoms with Gasteiger partial charge in [0.25, 0.3) is 0 Å². The average Bonchev–Trinajstić information content (AvgIpc) is 2.17. The molecule has 0 amide bonds. The Balaban J connectivity index is 2.98. The zero-order chi connectivity index (χ0) is 10.6. The summed E-state index contributed by atoms with van der Waals surface area (Å²) in [6.45, 7) is 2.19. The molecular formula is C10H23NO3. The van der Waals surface area contributed by atoms with Gasteiger partial charge in [-0.25, -0.2) is 0 Å². The smallest absolute Gasteiger partial charge is 0.0897 e. The van der Waals surface area contributed by atoms with Gasteiger partial charge in [0, 0.05) is 20.3 Å². The van der Waals surface area contributed by atoms with Crippen LogP contribution in [0.4, 0.5) is 0 Å². The van der Waals surface area contributed by atoms with Gasteiger partial charge in [0.2, 0.25) is 0 Å². The molecule has 0 fully saturated rings. The minimum absolute atomic E-state index is 0.292. The molecule has 1 unspecified atom stereocenters. The maximum absolute atomic E-state index is 9.27. The molecule has 14 heavy (non-hydrogen) atoms. The number of ether oxygens (including phenoxy) is 1. The summed E-state index contributed by atoms with van der Waals surface area (Å²) in [7, 11) is 1.58. The Bertz CT molecular complexity index is 112. The van der Waals surface area contributed by atoms with Gasteiger partial charge in [-0.05, 0) is 19.4 Å². The van der Waals surface area contributed by atoms with Crippen molar-refractivity contribution in [2.75, 3.05) is 33.4 Å². The molecule has 0 spiro atoms. The minimum Gasteiger partial charge on any atom is -0.396 e. The summed E-state index contributed by atoms with van der Waals surface area (Å²) in [5.74, 6) is 0. The lowest BCUT2D eigenvalue weighted by molar-refractivity contribution is 0.0646. The minimum atomic E-state index is -0.405. The number of nitrogens with one attached hydrogen (secondary N) is 1. The molecule has 0 aromatic carbocycles. The van der Waals surface area contributed by atoms with Crippen LogP contribution in [0, 0.1) is 0 Å². The van der Waals surface area contributed by atoms with E-state index in [1.54, 1.807) is 7.11 Å². The SMILES string of the molecule is COCC(O)CNCCCCCCO. The maximum atomic E-state index is 9.27.